The summed E-state index contributed by atoms with van der Waals surface area (Å²) in [6.07, 6.45) is -0.608. The van der Waals surface area contributed by atoms with Gasteiger partial charge in [0.1, 0.15) is 6.10 Å². The molecule has 5 nitrogen and oxygen atoms in total. The lowest BCUT2D eigenvalue weighted by atomic mass is 10.2. The van der Waals surface area contributed by atoms with Crippen LogP contribution in [-0.2, 0) is 24.0 Å². The van der Waals surface area contributed by atoms with Crippen molar-refractivity contribution in [3.8, 4) is 0 Å². The van der Waals surface area contributed by atoms with E-state index < -0.39 is 17.9 Å². The Labute approximate surface area is 116 Å². The van der Waals surface area contributed by atoms with E-state index in [0.717, 1.165) is 0 Å². The Balaban J connectivity index is 4.27. The topological polar surface area (TPSA) is 54.0 Å². The Morgan fingerprint density at radius 2 is 2.00 bits per heavy atom. The third-order valence-corrected chi connectivity index (χ3v) is 3.11. The highest BCUT2D eigenvalue weighted by molar-refractivity contribution is 9.09. The number of rotatable bonds is 9. The number of alkyl halides is 1. The summed E-state index contributed by atoms with van der Waals surface area (Å²) >= 11 is 3.27. The molecule has 6 heteroatoms. The first-order valence-electron chi connectivity index (χ1n) is 5.80. The summed E-state index contributed by atoms with van der Waals surface area (Å²) in [5.41, 5.74) is 0.199. The molecular formula is C12H21BrO5. The predicted octanol–water partition coefficient (Wildman–Crippen LogP) is 2.59. The highest BCUT2D eigenvalue weighted by Gasteiger charge is 2.28. The van der Waals surface area contributed by atoms with Gasteiger partial charge in [-0.05, 0) is 27.7 Å². The van der Waals surface area contributed by atoms with Crippen LogP contribution in [0.5, 0.6) is 0 Å². The van der Waals surface area contributed by atoms with Gasteiger partial charge in [0.05, 0.1) is 17.5 Å². The summed E-state index contributed by atoms with van der Waals surface area (Å²) in [7, 11) is 0. The average molecular weight is 325 g/mol. The molecule has 106 valence electrons. The standard InChI is InChI=1S/C12H21BrO5/c1-6-15-11(14)9(3)10(4)17-18-12(5,8-13)16-7-2/h10H,3,6-8H2,1-2,4-5H3. The fourth-order valence-corrected chi connectivity index (χ4v) is 1.27. The third-order valence-electron chi connectivity index (χ3n) is 2.09. The molecule has 2 atom stereocenters. The van der Waals surface area contributed by atoms with Crippen LogP contribution in [0.25, 0.3) is 0 Å². The fraction of sp³-hybridized carbons (Fsp3) is 0.750. The molecule has 0 aliphatic carbocycles. The van der Waals surface area contributed by atoms with E-state index in [1.807, 2.05) is 6.92 Å². The fourth-order valence-electron chi connectivity index (χ4n) is 1.01. The second kappa shape index (κ2) is 8.63. The molecule has 0 spiro atoms. The van der Waals surface area contributed by atoms with E-state index in [-0.39, 0.29) is 5.57 Å². The highest BCUT2D eigenvalue weighted by Crippen LogP contribution is 2.18. The molecule has 0 rings (SSSR count). The summed E-state index contributed by atoms with van der Waals surface area (Å²) in [6.45, 7) is 11.4. The van der Waals surface area contributed by atoms with Gasteiger partial charge in [-0.1, -0.05) is 22.5 Å². The maximum Gasteiger partial charge on any atom is 0.336 e. The molecule has 0 saturated heterocycles. The lowest BCUT2D eigenvalue weighted by Gasteiger charge is -2.27. The van der Waals surface area contributed by atoms with Crippen LogP contribution in [0.15, 0.2) is 12.2 Å². The molecule has 0 saturated carbocycles. The van der Waals surface area contributed by atoms with Gasteiger partial charge in [-0.15, -0.1) is 0 Å². The van der Waals surface area contributed by atoms with E-state index in [2.05, 4.69) is 22.5 Å². The Kier molecular flexibility index (Phi) is 8.43. The highest BCUT2D eigenvalue weighted by atomic mass is 79.9. The lowest BCUT2D eigenvalue weighted by Crippen LogP contribution is -2.36. The normalized spacial score (nSPS) is 15.8. The molecule has 0 N–H and O–H groups in total. The van der Waals surface area contributed by atoms with Crippen LogP contribution in [0, 0.1) is 0 Å². The molecular weight excluding hydrogens is 304 g/mol. The first kappa shape index (κ1) is 17.6. The molecule has 0 heterocycles. The van der Waals surface area contributed by atoms with Crippen LogP contribution in [-0.4, -0.2) is 36.4 Å². The summed E-state index contributed by atoms with van der Waals surface area (Å²) in [5, 5.41) is 0.437. The number of carbonyl (C=O) groups excluding carboxylic acids is 1. The van der Waals surface area contributed by atoms with E-state index in [1.165, 1.54) is 0 Å². The van der Waals surface area contributed by atoms with Gasteiger partial charge in [0.2, 0.25) is 5.79 Å². The molecule has 0 fully saturated rings. The van der Waals surface area contributed by atoms with Gasteiger partial charge in [0.15, 0.2) is 0 Å². The first-order chi connectivity index (χ1) is 8.40. The van der Waals surface area contributed by atoms with Crippen LogP contribution in [0.3, 0.4) is 0 Å². The van der Waals surface area contributed by atoms with E-state index in [4.69, 9.17) is 19.2 Å². The Morgan fingerprint density at radius 1 is 1.39 bits per heavy atom. The molecule has 0 aliphatic rings. The van der Waals surface area contributed by atoms with Gasteiger partial charge in [-0.2, -0.15) is 4.89 Å². The van der Waals surface area contributed by atoms with Crippen molar-refractivity contribution in [1.82, 2.24) is 0 Å². The molecule has 0 aromatic carbocycles. The van der Waals surface area contributed by atoms with Crippen molar-refractivity contribution in [2.45, 2.75) is 39.6 Å². The van der Waals surface area contributed by atoms with Crippen molar-refractivity contribution < 1.29 is 24.0 Å². The van der Waals surface area contributed by atoms with Crippen molar-refractivity contribution >= 4 is 21.9 Å². The van der Waals surface area contributed by atoms with Crippen LogP contribution in [0.2, 0.25) is 0 Å². The summed E-state index contributed by atoms with van der Waals surface area (Å²) in [6, 6.07) is 0. The SMILES string of the molecule is C=C(C(=O)OCC)C(C)OOC(C)(CBr)OCC. The third kappa shape index (κ3) is 5.95. The quantitative estimate of drug-likeness (QED) is 0.163. The Morgan fingerprint density at radius 3 is 2.44 bits per heavy atom. The summed E-state index contributed by atoms with van der Waals surface area (Å²) in [5.74, 6) is -1.40. The average Bonchev–Trinajstić information content (AvgIpc) is 2.35. The number of ether oxygens (including phenoxy) is 2. The second-order valence-electron chi connectivity index (χ2n) is 3.77. The van der Waals surface area contributed by atoms with Crippen molar-refractivity contribution in [2.75, 3.05) is 18.5 Å². The lowest BCUT2D eigenvalue weighted by molar-refractivity contribution is -0.425. The van der Waals surface area contributed by atoms with Gasteiger partial charge in [-0.3, -0.25) is 0 Å². The second-order valence-corrected chi connectivity index (χ2v) is 4.33. The van der Waals surface area contributed by atoms with Crippen molar-refractivity contribution in [3.05, 3.63) is 12.2 Å². The molecule has 0 aromatic heterocycles. The zero-order chi connectivity index (χ0) is 14.2. The predicted molar refractivity (Wildman–Crippen MR) is 71.2 cm³/mol. The van der Waals surface area contributed by atoms with E-state index in [1.54, 1.807) is 20.8 Å². The Bertz CT molecular complexity index is 282. The monoisotopic (exact) mass is 324 g/mol. The van der Waals surface area contributed by atoms with E-state index >= 15 is 0 Å². The van der Waals surface area contributed by atoms with Crippen molar-refractivity contribution in [2.24, 2.45) is 0 Å². The molecule has 0 aliphatic heterocycles. The van der Waals surface area contributed by atoms with Crippen LogP contribution in [0.1, 0.15) is 27.7 Å². The zero-order valence-electron chi connectivity index (χ0n) is 11.3. The van der Waals surface area contributed by atoms with E-state index in [9.17, 15) is 4.79 Å². The number of hydrogen-bond donors (Lipinski definition) is 0. The largest absolute Gasteiger partial charge is 0.463 e. The van der Waals surface area contributed by atoms with Crippen LogP contribution in [0.4, 0.5) is 0 Å². The minimum atomic E-state index is -0.905. The molecule has 0 bridgehead atoms. The first-order valence-corrected chi connectivity index (χ1v) is 6.92. The maximum atomic E-state index is 11.4. The van der Waals surface area contributed by atoms with Crippen LogP contribution < -0.4 is 0 Å². The minimum absolute atomic E-state index is 0.199. The van der Waals surface area contributed by atoms with Crippen molar-refractivity contribution in [3.63, 3.8) is 0 Å². The van der Waals surface area contributed by atoms with E-state index in [0.29, 0.717) is 18.5 Å². The van der Waals surface area contributed by atoms with Gasteiger partial charge in [0, 0.05) is 6.61 Å². The smallest absolute Gasteiger partial charge is 0.336 e. The minimum Gasteiger partial charge on any atom is -0.463 e. The Hall–Kier alpha value is -0.430. The molecule has 18 heavy (non-hydrogen) atoms. The molecule has 0 radical (unpaired) electrons. The number of hydrogen-bond acceptors (Lipinski definition) is 5. The number of carbonyl (C=O) groups is 1. The van der Waals surface area contributed by atoms with Gasteiger partial charge in [-0.25, -0.2) is 9.68 Å². The maximum absolute atomic E-state index is 11.4. The van der Waals surface area contributed by atoms with Gasteiger partial charge in [0.25, 0.3) is 0 Å². The number of esters is 1. The van der Waals surface area contributed by atoms with Crippen molar-refractivity contribution in [1.29, 1.82) is 0 Å². The molecule has 0 amide bonds. The van der Waals surface area contributed by atoms with Gasteiger partial charge < -0.3 is 9.47 Å². The number of halogens is 1. The summed E-state index contributed by atoms with van der Waals surface area (Å²) < 4.78 is 10.2. The summed E-state index contributed by atoms with van der Waals surface area (Å²) in [4.78, 5) is 21.7. The zero-order valence-corrected chi connectivity index (χ0v) is 12.9. The van der Waals surface area contributed by atoms with Crippen LogP contribution >= 0.6 is 15.9 Å². The molecule has 2 unspecified atom stereocenters. The van der Waals surface area contributed by atoms with Gasteiger partial charge >= 0.3 is 5.97 Å². The molecule has 0 aromatic rings.